The second-order valence-electron chi connectivity index (χ2n) is 7.02. The van der Waals surface area contributed by atoms with Crippen LogP contribution in [0, 0.1) is 0 Å². The number of amides is 1. The van der Waals surface area contributed by atoms with Gasteiger partial charge in [0.15, 0.2) is 0 Å². The maximum absolute atomic E-state index is 12.2. The molecule has 1 aromatic rings. The van der Waals surface area contributed by atoms with Gasteiger partial charge < -0.3 is 10.1 Å². The van der Waals surface area contributed by atoms with Crippen molar-refractivity contribution in [2.45, 2.75) is 56.7 Å². The third-order valence-corrected chi connectivity index (χ3v) is 4.91. The molecule has 1 atom stereocenters. The van der Waals surface area contributed by atoms with Crippen molar-refractivity contribution < 1.29 is 9.53 Å². The lowest BCUT2D eigenvalue weighted by Crippen LogP contribution is -2.42. The third-order valence-electron chi connectivity index (χ3n) is 4.91. The molecule has 1 saturated carbocycles. The van der Waals surface area contributed by atoms with E-state index in [0.717, 1.165) is 25.0 Å². The topological polar surface area (TPSA) is 54.5 Å². The molecule has 0 radical (unpaired) electrons. The molecule has 1 saturated heterocycles. The number of carbonyl (C=O) groups excluding carboxylic acids is 1. The molecule has 1 spiro atoms. The fourth-order valence-corrected chi connectivity index (χ4v) is 3.82. The minimum Gasteiger partial charge on any atom is -0.373 e. The number of hydrogen-bond donors (Lipinski definition) is 1. The summed E-state index contributed by atoms with van der Waals surface area (Å²) in [7, 11) is 1.95. The molecule has 1 aromatic heterocycles. The van der Waals surface area contributed by atoms with Crippen LogP contribution in [-0.4, -0.2) is 47.6 Å². The number of carbonyl (C=O) groups is 1. The summed E-state index contributed by atoms with van der Waals surface area (Å²) in [6, 6.07) is 6.02. The van der Waals surface area contributed by atoms with E-state index in [9.17, 15) is 4.79 Å². The van der Waals surface area contributed by atoms with Gasteiger partial charge in [-0.15, -0.1) is 0 Å². The Labute approximate surface area is 138 Å². The van der Waals surface area contributed by atoms with Crippen LogP contribution in [0.5, 0.6) is 0 Å². The van der Waals surface area contributed by atoms with Crippen LogP contribution >= 0.6 is 0 Å². The van der Waals surface area contributed by atoms with Crippen LogP contribution in [0.1, 0.15) is 44.2 Å². The van der Waals surface area contributed by atoms with E-state index in [2.05, 4.69) is 10.3 Å². The van der Waals surface area contributed by atoms with Gasteiger partial charge in [0, 0.05) is 12.7 Å². The maximum Gasteiger partial charge on any atom is 0.234 e. The van der Waals surface area contributed by atoms with Gasteiger partial charge >= 0.3 is 0 Å². The van der Waals surface area contributed by atoms with E-state index in [1.165, 1.54) is 19.3 Å². The van der Waals surface area contributed by atoms with Gasteiger partial charge in [-0.25, -0.2) is 0 Å². The molecule has 126 valence electrons. The number of nitrogens with one attached hydrogen (secondary N) is 1. The molecular formula is C18H27N3O2. The summed E-state index contributed by atoms with van der Waals surface area (Å²) < 4.78 is 6.06. The number of likely N-dealkylation sites (N-methyl/N-ethyl adjacent to an activating group) is 1. The zero-order chi connectivity index (χ0) is 16.1. The first-order chi connectivity index (χ1) is 11.2. The molecule has 2 aliphatic rings. The maximum atomic E-state index is 12.2. The summed E-state index contributed by atoms with van der Waals surface area (Å²) in [5, 5.41) is 3.14. The van der Waals surface area contributed by atoms with Crippen molar-refractivity contribution in [1.82, 2.24) is 15.2 Å². The summed E-state index contributed by atoms with van der Waals surface area (Å²) in [6.07, 6.45) is 8.89. The Kier molecular flexibility index (Phi) is 5.28. The molecule has 5 heteroatoms. The highest BCUT2D eigenvalue weighted by molar-refractivity contribution is 5.78. The smallest absolute Gasteiger partial charge is 0.234 e. The largest absolute Gasteiger partial charge is 0.373 e. The minimum absolute atomic E-state index is 0.0516. The average molecular weight is 317 g/mol. The fourth-order valence-electron chi connectivity index (χ4n) is 3.82. The minimum atomic E-state index is 0.0516. The molecule has 0 unspecified atom stereocenters. The zero-order valence-corrected chi connectivity index (χ0v) is 14.0. The van der Waals surface area contributed by atoms with Crippen LogP contribution in [-0.2, 0) is 16.1 Å². The van der Waals surface area contributed by atoms with Crippen LogP contribution in [0.3, 0.4) is 0 Å². The molecular weight excluding hydrogens is 290 g/mol. The number of pyridine rings is 1. The van der Waals surface area contributed by atoms with Gasteiger partial charge in [0.2, 0.25) is 5.91 Å². The SMILES string of the molecule is CN(CC(=O)N[C@H]1COC2(CCCCC2)C1)Cc1ccccn1. The molecule has 0 aromatic carbocycles. The molecule has 23 heavy (non-hydrogen) atoms. The first-order valence-electron chi connectivity index (χ1n) is 8.67. The van der Waals surface area contributed by atoms with Crippen molar-refractivity contribution in [3.05, 3.63) is 30.1 Å². The fraction of sp³-hybridized carbons (Fsp3) is 0.667. The number of nitrogens with zero attached hydrogens (tertiary/aromatic N) is 2. The summed E-state index contributed by atoms with van der Waals surface area (Å²) in [5.74, 6) is 0.0740. The molecule has 3 rings (SSSR count). The molecule has 2 heterocycles. The summed E-state index contributed by atoms with van der Waals surface area (Å²) in [6.45, 7) is 1.73. The Hall–Kier alpha value is -1.46. The van der Waals surface area contributed by atoms with Crippen LogP contribution in [0.2, 0.25) is 0 Å². The molecule has 2 fully saturated rings. The molecule has 1 aliphatic heterocycles. The zero-order valence-electron chi connectivity index (χ0n) is 14.0. The molecule has 5 nitrogen and oxygen atoms in total. The van der Waals surface area contributed by atoms with E-state index in [1.54, 1.807) is 6.20 Å². The van der Waals surface area contributed by atoms with E-state index < -0.39 is 0 Å². The van der Waals surface area contributed by atoms with E-state index in [4.69, 9.17) is 4.74 Å². The Balaban J connectivity index is 1.43. The highest BCUT2D eigenvalue weighted by atomic mass is 16.5. The van der Waals surface area contributed by atoms with Gasteiger partial charge in [0.1, 0.15) is 0 Å². The van der Waals surface area contributed by atoms with Crippen LogP contribution in [0.15, 0.2) is 24.4 Å². The Bertz CT molecular complexity index is 514. The van der Waals surface area contributed by atoms with Crippen molar-refractivity contribution in [3.63, 3.8) is 0 Å². The van der Waals surface area contributed by atoms with Crippen LogP contribution in [0.4, 0.5) is 0 Å². The Morgan fingerprint density at radius 2 is 2.22 bits per heavy atom. The number of rotatable bonds is 5. The van der Waals surface area contributed by atoms with Gasteiger partial charge in [-0.1, -0.05) is 25.3 Å². The molecule has 1 N–H and O–H groups in total. The number of ether oxygens (including phenoxy) is 1. The number of aromatic nitrogens is 1. The standard InChI is InChI=1S/C18H27N3O2/c1-21(12-15-7-3-6-10-19-15)13-17(22)20-16-11-18(23-14-16)8-4-2-5-9-18/h3,6-7,10,16H,2,4-5,8-9,11-14H2,1H3,(H,20,22)/t16-/m1/s1. The van der Waals surface area contributed by atoms with E-state index in [-0.39, 0.29) is 17.6 Å². The highest BCUT2D eigenvalue weighted by Crippen LogP contribution is 2.39. The van der Waals surface area contributed by atoms with Gasteiger partial charge in [-0.3, -0.25) is 14.7 Å². The quantitative estimate of drug-likeness (QED) is 0.904. The van der Waals surface area contributed by atoms with E-state index >= 15 is 0 Å². The summed E-state index contributed by atoms with van der Waals surface area (Å²) in [5.41, 5.74) is 1.03. The second kappa shape index (κ2) is 7.41. The van der Waals surface area contributed by atoms with Crippen molar-refractivity contribution in [3.8, 4) is 0 Å². The van der Waals surface area contributed by atoms with Gasteiger partial charge in [-0.2, -0.15) is 0 Å². The normalized spacial score (nSPS) is 23.3. The van der Waals surface area contributed by atoms with Crippen LogP contribution < -0.4 is 5.32 Å². The van der Waals surface area contributed by atoms with Crippen molar-refractivity contribution in [2.24, 2.45) is 0 Å². The summed E-state index contributed by atoms with van der Waals surface area (Å²) >= 11 is 0. The van der Waals surface area contributed by atoms with Gasteiger partial charge in [-0.05, 0) is 38.4 Å². The number of hydrogen-bond acceptors (Lipinski definition) is 4. The lowest BCUT2D eigenvalue weighted by atomic mass is 9.82. The monoisotopic (exact) mass is 317 g/mol. The molecule has 0 bridgehead atoms. The van der Waals surface area contributed by atoms with Crippen molar-refractivity contribution in [2.75, 3.05) is 20.2 Å². The van der Waals surface area contributed by atoms with E-state index in [0.29, 0.717) is 19.7 Å². The first-order valence-corrected chi connectivity index (χ1v) is 8.67. The lowest BCUT2D eigenvalue weighted by molar-refractivity contribution is -0.122. The predicted octanol–water partition coefficient (Wildman–Crippen LogP) is 2.12. The second-order valence-corrected chi connectivity index (χ2v) is 7.02. The van der Waals surface area contributed by atoms with Gasteiger partial charge in [0.25, 0.3) is 0 Å². The Morgan fingerprint density at radius 3 is 2.96 bits per heavy atom. The van der Waals surface area contributed by atoms with E-state index in [1.807, 2.05) is 30.1 Å². The summed E-state index contributed by atoms with van der Waals surface area (Å²) in [4.78, 5) is 18.5. The Morgan fingerprint density at radius 1 is 1.39 bits per heavy atom. The molecule has 1 aliphatic carbocycles. The van der Waals surface area contributed by atoms with Crippen molar-refractivity contribution >= 4 is 5.91 Å². The first kappa shape index (κ1) is 16.4. The average Bonchev–Trinajstić information content (AvgIpc) is 2.90. The van der Waals surface area contributed by atoms with Crippen molar-refractivity contribution in [1.29, 1.82) is 0 Å². The highest BCUT2D eigenvalue weighted by Gasteiger charge is 2.41. The predicted molar refractivity (Wildman–Crippen MR) is 88.9 cm³/mol. The third kappa shape index (κ3) is 4.52. The van der Waals surface area contributed by atoms with Gasteiger partial charge in [0.05, 0.1) is 30.5 Å². The molecule has 1 amide bonds. The van der Waals surface area contributed by atoms with Crippen LogP contribution in [0.25, 0.3) is 0 Å². The lowest BCUT2D eigenvalue weighted by Gasteiger charge is -2.32.